The molecule has 2 heterocycles. The standard InChI is InChI=1S/C47H62F3N3O6/c1-45(2,3)58-43(54)51-23-19-36(38(31-51)21-25-57-27-26-56-24-20-33-15-16-33)28-37-11-8-14-42-41(37)30-40(53(42)32-47(48,49)50)13-9-22-52(44(55)59-46(4,5)6)39-12-7-10-35(29-39)34-17-18-34/h7-8,10-12,14,29-30,33-34,36,38H,15-28,31-32H2,1-6H3. The van der Waals surface area contributed by atoms with E-state index >= 15 is 0 Å². The quantitative estimate of drug-likeness (QED) is 0.112. The van der Waals surface area contributed by atoms with Crippen LogP contribution in [0.1, 0.15) is 109 Å². The molecule has 0 N–H and O–H groups in total. The molecule has 59 heavy (non-hydrogen) atoms. The maximum atomic E-state index is 14.2. The van der Waals surface area contributed by atoms with E-state index in [0.29, 0.717) is 74.7 Å². The Morgan fingerprint density at radius 2 is 1.51 bits per heavy atom. The smallest absolute Gasteiger partial charge is 0.415 e. The van der Waals surface area contributed by atoms with Crippen LogP contribution in [0.3, 0.4) is 0 Å². The molecule has 6 rings (SSSR count). The first-order chi connectivity index (χ1) is 27.9. The minimum Gasteiger partial charge on any atom is -0.444 e. The topological polar surface area (TPSA) is 82.5 Å². The van der Waals surface area contributed by atoms with E-state index in [4.69, 9.17) is 18.9 Å². The zero-order chi connectivity index (χ0) is 42.4. The molecule has 0 spiro atoms. The van der Waals surface area contributed by atoms with Gasteiger partial charge in [0.1, 0.15) is 17.7 Å². The fraction of sp³-hybridized carbons (Fsp3) is 0.617. The van der Waals surface area contributed by atoms with E-state index in [9.17, 15) is 22.8 Å². The summed E-state index contributed by atoms with van der Waals surface area (Å²) in [5, 5.41) is 0.704. The van der Waals surface area contributed by atoms with Crippen molar-refractivity contribution < 1.29 is 41.7 Å². The van der Waals surface area contributed by atoms with Crippen molar-refractivity contribution in [1.82, 2.24) is 9.47 Å². The monoisotopic (exact) mass is 821 g/mol. The lowest BCUT2D eigenvalue weighted by Gasteiger charge is -2.39. The maximum absolute atomic E-state index is 14.2. The average molecular weight is 822 g/mol. The summed E-state index contributed by atoms with van der Waals surface area (Å²) in [4.78, 5) is 29.8. The minimum atomic E-state index is -4.49. The lowest BCUT2D eigenvalue weighted by Crippen LogP contribution is -2.46. The van der Waals surface area contributed by atoms with Crippen LogP contribution in [0.25, 0.3) is 10.9 Å². The molecule has 3 aliphatic rings. The lowest BCUT2D eigenvalue weighted by atomic mass is 9.79. The summed E-state index contributed by atoms with van der Waals surface area (Å²) in [6.45, 7) is 13.0. The molecule has 3 aromatic rings. The first-order valence-corrected chi connectivity index (χ1v) is 21.3. The van der Waals surface area contributed by atoms with Crippen molar-refractivity contribution in [2.75, 3.05) is 51.0 Å². The van der Waals surface area contributed by atoms with Gasteiger partial charge in [0.2, 0.25) is 0 Å². The van der Waals surface area contributed by atoms with Crippen LogP contribution in [-0.4, -0.2) is 85.1 Å². The van der Waals surface area contributed by atoms with Crippen LogP contribution in [0.2, 0.25) is 0 Å². The fourth-order valence-electron chi connectivity index (χ4n) is 7.79. The van der Waals surface area contributed by atoms with Crippen LogP contribution in [0.5, 0.6) is 0 Å². The van der Waals surface area contributed by atoms with Gasteiger partial charge in [-0.3, -0.25) is 4.90 Å². The number of benzene rings is 2. The number of nitrogens with zero attached hydrogens (tertiary/aromatic N) is 3. The Bertz CT molecular complexity index is 1960. The number of piperidine rings is 1. The Hall–Kier alpha value is -4.21. The van der Waals surface area contributed by atoms with E-state index in [1.54, 1.807) is 43.9 Å². The highest BCUT2D eigenvalue weighted by atomic mass is 19.4. The number of aromatic nitrogens is 1. The molecule has 2 atom stereocenters. The Labute approximate surface area is 347 Å². The van der Waals surface area contributed by atoms with Gasteiger partial charge in [0.15, 0.2) is 0 Å². The average Bonchev–Trinajstić information content (AvgIpc) is 4.09. The molecule has 2 amide bonds. The van der Waals surface area contributed by atoms with Crippen molar-refractivity contribution in [3.8, 4) is 11.8 Å². The molecule has 1 saturated heterocycles. The van der Waals surface area contributed by atoms with Gasteiger partial charge in [-0.25, -0.2) is 9.59 Å². The Kier molecular flexibility index (Phi) is 14.3. The number of fused-ring (bicyclic) bond motifs is 1. The molecule has 2 saturated carbocycles. The molecule has 3 fully saturated rings. The second-order valence-electron chi connectivity index (χ2n) is 18.5. The number of anilines is 1. The normalized spacial score (nSPS) is 18.7. The predicted octanol–water partition coefficient (Wildman–Crippen LogP) is 10.5. The molecule has 2 unspecified atom stereocenters. The number of alkyl halides is 3. The van der Waals surface area contributed by atoms with Gasteiger partial charge in [-0.15, -0.1) is 0 Å². The van der Waals surface area contributed by atoms with Gasteiger partial charge in [-0.1, -0.05) is 43.0 Å². The van der Waals surface area contributed by atoms with Gasteiger partial charge < -0.3 is 28.4 Å². The van der Waals surface area contributed by atoms with Crippen LogP contribution in [0.4, 0.5) is 28.4 Å². The summed E-state index contributed by atoms with van der Waals surface area (Å²) < 4.78 is 66.9. The van der Waals surface area contributed by atoms with Gasteiger partial charge in [0.25, 0.3) is 0 Å². The Balaban J connectivity index is 1.22. The van der Waals surface area contributed by atoms with Crippen molar-refractivity contribution >= 4 is 28.8 Å². The summed E-state index contributed by atoms with van der Waals surface area (Å²) in [7, 11) is 0. The number of ether oxygens (including phenoxy) is 4. The Morgan fingerprint density at radius 1 is 0.814 bits per heavy atom. The van der Waals surface area contributed by atoms with E-state index in [1.807, 2.05) is 51.1 Å². The second-order valence-corrected chi connectivity index (χ2v) is 18.5. The van der Waals surface area contributed by atoms with E-state index in [2.05, 4.69) is 11.8 Å². The van der Waals surface area contributed by atoms with Crippen LogP contribution in [-0.2, 0) is 31.9 Å². The number of amides is 2. The number of halogens is 3. The van der Waals surface area contributed by atoms with Crippen molar-refractivity contribution in [1.29, 1.82) is 0 Å². The highest BCUT2D eigenvalue weighted by Gasteiger charge is 2.35. The number of carbonyl (C=O) groups is 2. The third kappa shape index (κ3) is 13.7. The zero-order valence-electron chi connectivity index (χ0n) is 35.7. The summed E-state index contributed by atoms with van der Waals surface area (Å²) in [5.74, 6) is 7.54. The van der Waals surface area contributed by atoms with Crippen molar-refractivity contribution in [2.45, 2.75) is 123 Å². The first kappa shape index (κ1) is 44.3. The maximum Gasteiger partial charge on any atom is 0.415 e. The van der Waals surface area contributed by atoms with Crippen LogP contribution in [0.15, 0.2) is 48.5 Å². The van der Waals surface area contributed by atoms with E-state index in [0.717, 1.165) is 42.9 Å². The van der Waals surface area contributed by atoms with Crippen molar-refractivity contribution in [3.63, 3.8) is 0 Å². The van der Waals surface area contributed by atoms with Gasteiger partial charge in [0.05, 0.1) is 25.5 Å². The van der Waals surface area contributed by atoms with Crippen LogP contribution < -0.4 is 4.90 Å². The Morgan fingerprint density at radius 3 is 2.17 bits per heavy atom. The zero-order valence-corrected chi connectivity index (χ0v) is 35.7. The number of rotatable bonds is 15. The molecule has 322 valence electrons. The molecule has 2 aromatic carbocycles. The fourth-order valence-corrected chi connectivity index (χ4v) is 7.79. The number of carbonyl (C=O) groups excluding carboxylic acids is 2. The SMILES string of the molecule is CC(C)(C)OC(=O)N1CCC(Cc2cccc3c2cc(C#CCN(C(=O)OC(C)(C)C)c2cccc(C4CC4)c2)n3CC(F)(F)F)C(CCOCCOCCC2CC2)C1. The lowest BCUT2D eigenvalue weighted by molar-refractivity contribution is -0.140. The molecule has 0 radical (unpaired) electrons. The highest BCUT2D eigenvalue weighted by molar-refractivity contribution is 5.89. The van der Waals surface area contributed by atoms with Gasteiger partial charge >= 0.3 is 18.4 Å². The van der Waals surface area contributed by atoms with Crippen LogP contribution in [0, 0.1) is 29.6 Å². The number of hydrogen-bond donors (Lipinski definition) is 0. The summed E-state index contributed by atoms with van der Waals surface area (Å²) in [6, 6.07) is 15.0. The molecule has 1 aromatic heterocycles. The van der Waals surface area contributed by atoms with Crippen molar-refractivity contribution in [3.05, 3.63) is 65.4 Å². The first-order valence-electron chi connectivity index (χ1n) is 21.3. The second kappa shape index (κ2) is 19.0. The number of hydrogen-bond acceptors (Lipinski definition) is 6. The van der Waals surface area contributed by atoms with E-state index in [1.165, 1.54) is 22.3 Å². The van der Waals surface area contributed by atoms with Gasteiger partial charge in [-0.05, 0) is 145 Å². The molecular formula is C47H62F3N3O6. The van der Waals surface area contributed by atoms with E-state index in [-0.39, 0.29) is 30.2 Å². The molecule has 2 aliphatic carbocycles. The van der Waals surface area contributed by atoms with Crippen LogP contribution >= 0.6 is 0 Å². The number of likely N-dealkylation sites (tertiary alicyclic amines) is 1. The van der Waals surface area contributed by atoms with Gasteiger partial charge in [0, 0.05) is 42.9 Å². The molecule has 0 bridgehead atoms. The molecule has 12 heteroatoms. The largest absolute Gasteiger partial charge is 0.444 e. The third-order valence-corrected chi connectivity index (χ3v) is 11.1. The predicted molar refractivity (Wildman–Crippen MR) is 224 cm³/mol. The highest BCUT2D eigenvalue weighted by Crippen LogP contribution is 2.41. The third-order valence-electron chi connectivity index (χ3n) is 11.1. The summed E-state index contributed by atoms with van der Waals surface area (Å²) in [6.07, 6.45) is 2.52. The molecular weight excluding hydrogens is 760 g/mol. The van der Waals surface area contributed by atoms with E-state index < -0.39 is 30.0 Å². The minimum absolute atomic E-state index is 0.0734. The molecule has 1 aliphatic heterocycles. The van der Waals surface area contributed by atoms with Gasteiger partial charge in [-0.2, -0.15) is 13.2 Å². The molecule has 9 nitrogen and oxygen atoms in total. The van der Waals surface area contributed by atoms with Crippen molar-refractivity contribution in [2.24, 2.45) is 17.8 Å². The summed E-state index contributed by atoms with van der Waals surface area (Å²) in [5.41, 5.74) is 1.96. The summed E-state index contributed by atoms with van der Waals surface area (Å²) >= 11 is 0.